The van der Waals surface area contributed by atoms with E-state index in [-0.39, 0.29) is 23.5 Å². The minimum atomic E-state index is -0.179. The van der Waals surface area contributed by atoms with Crippen LogP contribution < -0.4 is 5.73 Å². The standard InChI is InChI=1S/C12H26N2O2/c1-9(12(2,3)4)14(5)11(15)7-10(8-13)16-6/h9-10H,7-8,13H2,1-6H3. The van der Waals surface area contributed by atoms with E-state index in [1.807, 2.05) is 7.05 Å². The van der Waals surface area contributed by atoms with Crippen molar-refractivity contribution in [3.8, 4) is 0 Å². The Hall–Kier alpha value is -0.610. The third-order valence-corrected chi connectivity index (χ3v) is 3.23. The van der Waals surface area contributed by atoms with E-state index in [9.17, 15) is 4.79 Å². The Morgan fingerprint density at radius 2 is 1.94 bits per heavy atom. The molecule has 4 nitrogen and oxygen atoms in total. The highest BCUT2D eigenvalue weighted by atomic mass is 16.5. The average Bonchev–Trinajstić information content (AvgIpc) is 2.21. The Kier molecular flexibility index (Phi) is 5.97. The summed E-state index contributed by atoms with van der Waals surface area (Å²) in [5, 5.41) is 0. The molecule has 2 unspecified atom stereocenters. The summed E-state index contributed by atoms with van der Waals surface area (Å²) < 4.78 is 5.11. The van der Waals surface area contributed by atoms with Crippen molar-refractivity contribution in [1.82, 2.24) is 4.90 Å². The largest absolute Gasteiger partial charge is 0.380 e. The summed E-state index contributed by atoms with van der Waals surface area (Å²) in [6.07, 6.45) is 0.173. The van der Waals surface area contributed by atoms with Gasteiger partial charge in [0.05, 0.1) is 12.5 Å². The smallest absolute Gasteiger partial charge is 0.225 e. The molecule has 0 saturated heterocycles. The molecular weight excluding hydrogens is 204 g/mol. The van der Waals surface area contributed by atoms with Gasteiger partial charge in [0.2, 0.25) is 5.91 Å². The van der Waals surface area contributed by atoms with Crippen LogP contribution in [0.1, 0.15) is 34.1 Å². The van der Waals surface area contributed by atoms with Crippen molar-refractivity contribution in [1.29, 1.82) is 0 Å². The molecular formula is C12H26N2O2. The molecule has 96 valence electrons. The molecule has 0 fully saturated rings. The van der Waals surface area contributed by atoms with Crippen LogP contribution in [0.4, 0.5) is 0 Å². The van der Waals surface area contributed by atoms with Crippen LogP contribution in [0.25, 0.3) is 0 Å². The first kappa shape index (κ1) is 15.4. The number of methoxy groups -OCH3 is 1. The van der Waals surface area contributed by atoms with E-state index in [2.05, 4.69) is 27.7 Å². The van der Waals surface area contributed by atoms with Gasteiger partial charge < -0.3 is 15.4 Å². The van der Waals surface area contributed by atoms with Gasteiger partial charge in [0.25, 0.3) is 0 Å². The molecule has 0 spiro atoms. The predicted molar refractivity (Wildman–Crippen MR) is 66.2 cm³/mol. The molecule has 0 radical (unpaired) electrons. The lowest BCUT2D eigenvalue weighted by molar-refractivity contribution is -0.136. The number of nitrogens with two attached hydrogens (primary N) is 1. The lowest BCUT2D eigenvalue weighted by atomic mass is 9.87. The zero-order chi connectivity index (χ0) is 12.9. The highest BCUT2D eigenvalue weighted by molar-refractivity contribution is 5.76. The molecule has 0 bridgehead atoms. The molecule has 2 N–H and O–H groups in total. The van der Waals surface area contributed by atoms with E-state index in [0.29, 0.717) is 13.0 Å². The molecule has 2 atom stereocenters. The maximum Gasteiger partial charge on any atom is 0.225 e. The van der Waals surface area contributed by atoms with Crippen molar-refractivity contribution in [2.45, 2.75) is 46.3 Å². The van der Waals surface area contributed by atoms with Gasteiger partial charge in [-0.25, -0.2) is 0 Å². The summed E-state index contributed by atoms with van der Waals surface area (Å²) >= 11 is 0. The Morgan fingerprint density at radius 1 is 1.44 bits per heavy atom. The molecule has 0 aromatic heterocycles. The first-order valence-electron chi connectivity index (χ1n) is 5.72. The topological polar surface area (TPSA) is 55.6 Å². The van der Waals surface area contributed by atoms with Gasteiger partial charge in [-0.15, -0.1) is 0 Å². The number of ether oxygens (including phenoxy) is 1. The van der Waals surface area contributed by atoms with Gasteiger partial charge in [0.1, 0.15) is 0 Å². The minimum Gasteiger partial charge on any atom is -0.380 e. The number of hydrogen-bond donors (Lipinski definition) is 1. The molecule has 0 aliphatic heterocycles. The fourth-order valence-corrected chi connectivity index (χ4v) is 1.40. The van der Waals surface area contributed by atoms with Crippen LogP contribution in [0.3, 0.4) is 0 Å². The maximum atomic E-state index is 11.9. The minimum absolute atomic E-state index is 0.0791. The predicted octanol–water partition coefficient (Wildman–Crippen LogP) is 1.24. The van der Waals surface area contributed by atoms with E-state index < -0.39 is 0 Å². The fraction of sp³-hybridized carbons (Fsp3) is 0.917. The van der Waals surface area contributed by atoms with Gasteiger partial charge in [-0.05, 0) is 12.3 Å². The first-order valence-corrected chi connectivity index (χ1v) is 5.72. The first-order chi connectivity index (χ1) is 7.23. The molecule has 0 heterocycles. The highest BCUT2D eigenvalue weighted by Crippen LogP contribution is 2.23. The van der Waals surface area contributed by atoms with Gasteiger partial charge in [-0.2, -0.15) is 0 Å². The molecule has 0 aliphatic rings. The summed E-state index contributed by atoms with van der Waals surface area (Å²) in [5.41, 5.74) is 5.58. The van der Waals surface area contributed by atoms with Crippen molar-refractivity contribution in [3.05, 3.63) is 0 Å². The van der Waals surface area contributed by atoms with Gasteiger partial charge >= 0.3 is 0 Å². The zero-order valence-corrected chi connectivity index (χ0v) is 11.4. The number of amides is 1. The number of hydrogen-bond acceptors (Lipinski definition) is 3. The molecule has 16 heavy (non-hydrogen) atoms. The Balaban J connectivity index is 4.39. The van der Waals surface area contributed by atoms with Gasteiger partial charge in [-0.1, -0.05) is 20.8 Å². The van der Waals surface area contributed by atoms with E-state index in [1.54, 1.807) is 12.0 Å². The normalized spacial score (nSPS) is 15.7. The van der Waals surface area contributed by atoms with Crippen LogP contribution in [-0.4, -0.2) is 43.7 Å². The van der Waals surface area contributed by atoms with E-state index in [0.717, 1.165) is 0 Å². The SMILES string of the molecule is COC(CN)CC(=O)N(C)C(C)C(C)(C)C. The Bertz CT molecular complexity index is 220. The fourth-order valence-electron chi connectivity index (χ4n) is 1.40. The van der Waals surface area contributed by atoms with Crippen molar-refractivity contribution >= 4 is 5.91 Å². The van der Waals surface area contributed by atoms with Crippen molar-refractivity contribution in [2.75, 3.05) is 20.7 Å². The summed E-state index contributed by atoms with van der Waals surface area (Å²) in [5.74, 6) is 0.0831. The monoisotopic (exact) mass is 230 g/mol. The summed E-state index contributed by atoms with van der Waals surface area (Å²) in [6, 6.07) is 0.190. The van der Waals surface area contributed by atoms with Crippen LogP contribution >= 0.6 is 0 Å². The van der Waals surface area contributed by atoms with Crippen LogP contribution in [0.5, 0.6) is 0 Å². The summed E-state index contributed by atoms with van der Waals surface area (Å²) in [4.78, 5) is 13.7. The Labute approximate surface area is 99.1 Å². The van der Waals surface area contributed by atoms with E-state index >= 15 is 0 Å². The van der Waals surface area contributed by atoms with E-state index in [1.165, 1.54) is 0 Å². The van der Waals surface area contributed by atoms with Gasteiger partial charge in [0, 0.05) is 26.7 Å². The molecule has 4 heteroatoms. The van der Waals surface area contributed by atoms with Crippen LogP contribution in [0, 0.1) is 5.41 Å². The van der Waals surface area contributed by atoms with Crippen molar-refractivity contribution in [3.63, 3.8) is 0 Å². The second kappa shape index (κ2) is 6.21. The third kappa shape index (κ3) is 4.49. The molecule has 0 aliphatic carbocycles. The van der Waals surface area contributed by atoms with Crippen molar-refractivity contribution < 1.29 is 9.53 Å². The molecule has 0 saturated carbocycles. The van der Waals surface area contributed by atoms with E-state index in [4.69, 9.17) is 10.5 Å². The average molecular weight is 230 g/mol. The second-order valence-corrected chi connectivity index (χ2v) is 5.34. The second-order valence-electron chi connectivity index (χ2n) is 5.34. The lowest BCUT2D eigenvalue weighted by Crippen LogP contribution is -2.44. The van der Waals surface area contributed by atoms with Gasteiger partial charge in [-0.3, -0.25) is 4.79 Å². The summed E-state index contributed by atoms with van der Waals surface area (Å²) in [7, 11) is 3.42. The quantitative estimate of drug-likeness (QED) is 0.773. The number of nitrogens with zero attached hydrogens (tertiary/aromatic N) is 1. The number of carbonyl (C=O) groups is 1. The Morgan fingerprint density at radius 3 is 2.25 bits per heavy atom. The molecule has 0 aromatic carbocycles. The van der Waals surface area contributed by atoms with Crippen molar-refractivity contribution in [2.24, 2.45) is 11.1 Å². The van der Waals surface area contributed by atoms with Crippen LogP contribution in [0.2, 0.25) is 0 Å². The maximum absolute atomic E-state index is 11.9. The summed E-state index contributed by atoms with van der Waals surface area (Å²) in [6.45, 7) is 8.80. The number of rotatable bonds is 5. The zero-order valence-electron chi connectivity index (χ0n) is 11.4. The van der Waals surface area contributed by atoms with Crippen LogP contribution in [-0.2, 0) is 9.53 Å². The highest BCUT2D eigenvalue weighted by Gasteiger charge is 2.27. The molecule has 1 amide bonds. The van der Waals surface area contributed by atoms with Crippen LogP contribution in [0.15, 0.2) is 0 Å². The lowest BCUT2D eigenvalue weighted by Gasteiger charge is -2.36. The number of carbonyl (C=O) groups excluding carboxylic acids is 1. The molecule has 0 aromatic rings. The van der Waals surface area contributed by atoms with Gasteiger partial charge in [0.15, 0.2) is 0 Å². The molecule has 0 rings (SSSR count). The third-order valence-electron chi connectivity index (χ3n) is 3.23.